The van der Waals surface area contributed by atoms with E-state index in [0.717, 1.165) is 44.8 Å². The molecule has 2 aliphatic rings. The highest BCUT2D eigenvalue weighted by molar-refractivity contribution is 5.52. The van der Waals surface area contributed by atoms with E-state index in [4.69, 9.17) is 0 Å². The van der Waals surface area contributed by atoms with Crippen molar-refractivity contribution in [3.8, 4) is 0 Å². The molecule has 1 aliphatic heterocycles. The Morgan fingerprint density at radius 3 is 2.32 bits per heavy atom. The second kappa shape index (κ2) is 6.54. The summed E-state index contributed by atoms with van der Waals surface area (Å²) in [6.45, 7) is 6.57. The molecule has 25 heavy (non-hydrogen) atoms. The molecule has 1 saturated heterocycles. The van der Waals surface area contributed by atoms with Crippen LogP contribution in [0.1, 0.15) is 35.6 Å². The Labute approximate surface area is 147 Å². The predicted molar refractivity (Wildman–Crippen MR) is 94.6 cm³/mol. The molecule has 132 valence electrons. The van der Waals surface area contributed by atoms with Gasteiger partial charge in [0, 0.05) is 37.4 Å². The van der Waals surface area contributed by atoms with Crippen LogP contribution in [0.2, 0.25) is 0 Å². The van der Waals surface area contributed by atoms with E-state index in [1.54, 1.807) is 20.2 Å². The Morgan fingerprint density at radius 2 is 1.56 bits per heavy atom. The summed E-state index contributed by atoms with van der Waals surface area (Å²) in [5.74, 6) is 1.80. The molecule has 4 rings (SSSR count). The van der Waals surface area contributed by atoms with Crippen LogP contribution in [0.15, 0.2) is 6.33 Å². The van der Waals surface area contributed by atoms with Gasteiger partial charge in [-0.3, -0.25) is 0 Å². The van der Waals surface area contributed by atoms with Gasteiger partial charge >= 0.3 is 0 Å². The molecule has 1 aliphatic carbocycles. The Bertz CT molecular complexity index is 785. The van der Waals surface area contributed by atoms with Crippen molar-refractivity contribution in [3.05, 3.63) is 34.9 Å². The maximum atomic E-state index is 14.4. The molecule has 2 aromatic rings. The van der Waals surface area contributed by atoms with Crippen molar-refractivity contribution in [1.82, 2.24) is 19.9 Å². The lowest BCUT2D eigenvalue weighted by atomic mass is 9.96. The van der Waals surface area contributed by atoms with Crippen LogP contribution in [0.3, 0.4) is 0 Å². The number of hydrogen-bond donors (Lipinski definition) is 0. The van der Waals surface area contributed by atoms with Crippen molar-refractivity contribution in [2.75, 3.05) is 36.0 Å². The number of fused-ring (bicyclic) bond motifs is 1. The molecule has 1 fully saturated rings. The van der Waals surface area contributed by atoms with Crippen LogP contribution in [0.5, 0.6) is 0 Å². The fourth-order valence-corrected chi connectivity index (χ4v) is 3.80. The quantitative estimate of drug-likeness (QED) is 0.834. The molecular formula is C18H23FN6. The molecule has 2 aromatic heterocycles. The normalized spacial score (nSPS) is 17.6. The molecule has 0 N–H and O–H groups in total. The summed E-state index contributed by atoms with van der Waals surface area (Å²) in [7, 11) is 0. The van der Waals surface area contributed by atoms with Gasteiger partial charge in [0.15, 0.2) is 11.6 Å². The molecular weight excluding hydrogens is 319 g/mol. The highest BCUT2D eigenvalue weighted by Gasteiger charge is 2.26. The molecule has 7 heteroatoms. The Hall–Kier alpha value is -2.31. The second-order valence-corrected chi connectivity index (χ2v) is 6.80. The summed E-state index contributed by atoms with van der Waals surface area (Å²) >= 11 is 0. The first-order valence-electron chi connectivity index (χ1n) is 8.97. The van der Waals surface area contributed by atoms with Gasteiger partial charge in [0.25, 0.3) is 0 Å². The third kappa shape index (κ3) is 3.03. The first kappa shape index (κ1) is 16.2. The lowest BCUT2D eigenvalue weighted by Crippen LogP contribution is -2.48. The lowest BCUT2D eigenvalue weighted by molar-refractivity contribution is 0.568. The Kier molecular flexibility index (Phi) is 4.23. The zero-order valence-electron chi connectivity index (χ0n) is 14.8. The Balaban J connectivity index is 1.53. The largest absolute Gasteiger partial charge is 0.353 e. The lowest BCUT2D eigenvalue weighted by Gasteiger charge is -2.37. The predicted octanol–water partition coefficient (Wildman–Crippen LogP) is 2.23. The van der Waals surface area contributed by atoms with Gasteiger partial charge in [-0.05, 0) is 39.5 Å². The second-order valence-electron chi connectivity index (χ2n) is 6.80. The van der Waals surface area contributed by atoms with Crippen molar-refractivity contribution < 1.29 is 4.39 Å². The smallest absolute Gasteiger partial charge is 0.186 e. The van der Waals surface area contributed by atoms with Gasteiger partial charge in [0.1, 0.15) is 18.0 Å². The third-order valence-corrected chi connectivity index (χ3v) is 5.09. The number of piperazine rings is 1. The summed E-state index contributed by atoms with van der Waals surface area (Å²) in [6.07, 6.45) is 6.21. The fourth-order valence-electron chi connectivity index (χ4n) is 3.80. The van der Waals surface area contributed by atoms with Crippen LogP contribution in [0.25, 0.3) is 0 Å². The number of aromatic nitrogens is 4. The third-order valence-electron chi connectivity index (χ3n) is 5.09. The van der Waals surface area contributed by atoms with Gasteiger partial charge in [-0.15, -0.1) is 0 Å². The van der Waals surface area contributed by atoms with E-state index in [9.17, 15) is 4.39 Å². The van der Waals surface area contributed by atoms with Crippen LogP contribution >= 0.6 is 0 Å². The van der Waals surface area contributed by atoms with E-state index < -0.39 is 0 Å². The van der Waals surface area contributed by atoms with E-state index in [1.165, 1.54) is 24.1 Å². The minimum absolute atomic E-state index is 0.307. The molecule has 0 atom stereocenters. The van der Waals surface area contributed by atoms with E-state index in [-0.39, 0.29) is 5.82 Å². The Morgan fingerprint density at radius 1 is 0.880 bits per heavy atom. The fraction of sp³-hybridized carbons (Fsp3) is 0.556. The van der Waals surface area contributed by atoms with Crippen molar-refractivity contribution in [1.29, 1.82) is 0 Å². The van der Waals surface area contributed by atoms with Crippen molar-refractivity contribution >= 4 is 11.6 Å². The van der Waals surface area contributed by atoms with E-state index >= 15 is 0 Å². The van der Waals surface area contributed by atoms with Crippen molar-refractivity contribution in [2.24, 2.45) is 0 Å². The van der Waals surface area contributed by atoms with E-state index in [1.807, 2.05) is 4.90 Å². The van der Waals surface area contributed by atoms with E-state index in [2.05, 4.69) is 24.8 Å². The number of anilines is 2. The molecule has 0 aromatic carbocycles. The zero-order chi connectivity index (χ0) is 17.4. The summed E-state index contributed by atoms with van der Waals surface area (Å²) in [4.78, 5) is 21.8. The molecule has 0 radical (unpaired) electrons. The van der Waals surface area contributed by atoms with Gasteiger partial charge < -0.3 is 9.80 Å². The monoisotopic (exact) mass is 342 g/mol. The minimum Gasteiger partial charge on any atom is -0.353 e. The number of nitrogens with zero attached hydrogens (tertiary/aromatic N) is 6. The van der Waals surface area contributed by atoms with Crippen molar-refractivity contribution in [2.45, 2.75) is 39.5 Å². The maximum Gasteiger partial charge on any atom is 0.186 e. The van der Waals surface area contributed by atoms with Gasteiger partial charge in [0.05, 0.1) is 5.69 Å². The minimum atomic E-state index is -0.307. The van der Waals surface area contributed by atoms with Crippen LogP contribution < -0.4 is 9.80 Å². The van der Waals surface area contributed by atoms with Gasteiger partial charge in [-0.25, -0.2) is 24.3 Å². The molecule has 3 heterocycles. The van der Waals surface area contributed by atoms with Crippen molar-refractivity contribution in [3.63, 3.8) is 0 Å². The number of aryl methyl sites for hydroxylation is 3. The topological polar surface area (TPSA) is 58.0 Å². The average Bonchev–Trinajstić information content (AvgIpc) is 2.64. The van der Waals surface area contributed by atoms with Crippen LogP contribution in [0, 0.1) is 19.7 Å². The molecule has 0 saturated carbocycles. The van der Waals surface area contributed by atoms with Gasteiger partial charge in [-0.1, -0.05) is 0 Å². The zero-order valence-corrected chi connectivity index (χ0v) is 14.8. The summed E-state index contributed by atoms with van der Waals surface area (Å²) in [6, 6.07) is 0. The molecule has 0 spiro atoms. The van der Waals surface area contributed by atoms with Crippen LogP contribution in [0.4, 0.5) is 16.0 Å². The van der Waals surface area contributed by atoms with Gasteiger partial charge in [-0.2, -0.15) is 0 Å². The molecule has 0 amide bonds. The number of rotatable bonds is 2. The van der Waals surface area contributed by atoms with Crippen LogP contribution in [-0.2, 0) is 12.8 Å². The molecule has 0 bridgehead atoms. The molecule has 0 unspecified atom stereocenters. The first-order chi connectivity index (χ1) is 12.1. The van der Waals surface area contributed by atoms with Gasteiger partial charge in [0.2, 0.25) is 0 Å². The van der Waals surface area contributed by atoms with E-state index in [0.29, 0.717) is 17.3 Å². The SMILES string of the molecule is Cc1nc(C)c(F)c(N2CCN(c3ncnc4c3CCCC4)CC2)n1. The summed E-state index contributed by atoms with van der Waals surface area (Å²) < 4.78 is 14.4. The standard InChI is InChI=1S/C18H23FN6/c1-12-16(19)18(23-13(2)22-12)25-9-7-24(8-10-25)17-14-5-3-4-6-15(14)20-11-21-17/h11H,3-10H2,1-2H3. The number of halogens is 1. The first-order valence-corrected chi connectivity index (χ1v) is 8.97. The number of hydrogen-bond acceptors (Lipinski definition) is 6. The van der Waals surface area contributed by atoms with Crippen LogP contribution in [-0.4, -0.2) is 46.1 Å². The summed E-state index contributed by atoms with van der Waals surface area (Å²) in [5.41, 5.74) is 2.92. The highest BCUT2D eigenvalue weighted by atomic mass is 19.1. The summed E-state index contributed by atoms with van der Waals surface area (Å²) in [5, 5.41) is 0. The average molecular weight is 342 g/mol. The highest BCUT2D eigenvalue weighted by Crippen LogP contribution is 2.28. The molecule has 6 nitrogen and oxygen atoms in total. The maximum absolute atomic E-state index is 14.4.